The first-order valence-corrected chi connectivity index (χ1v) is 11.1. The van der Waals surface area contributed by atoms with E-state index >= 15 is 0 Å². The van der Waals surface area contributed by atoms with E-state index in [0.717, 1.165) is 56.7 Å². The molecule has 1 atom stereocenters. The van der Waals surface area contributed by atoms with Gasteiger partial charge in [0.1, 0.15) is 6.10 Å². The molecule has 152 valence electrons. The molecule has 3 aliphatic heterocycles. The number of anilines is 1. The fourth-order valence-electron chi connectivity index (χ4n) is 6.16. The number of ether oxygens (including phenoxy) is 1. The highest BCUT2D eigenvalue weighted by Gasteiger charge is 2.52. The number of hydrogen-bond donors (Lipinski definition) is 0. The Labute approximate surface area is 168 Å². The van der Waals surface area contributed by atoms with Crippen molar-refractivity contribution < 1.29 is 9.53 Å². The summed E-state index contributed by atoms with van der Waals surface area (Å²) in [6.07, 6.45) is 7.92. The second kappa shape index (κ2) is 6.72. The molecule has 2 spiro atoms. The van der Waals surface area contributed by atoms with Gasteiger partial charge in [0.2, 0.25) is 0 Å². The highest BCUT2D eigenvalue weighted by Crippen LogP contribution is 2.47. The largest absolute Gasteiger partial charge is 0.462 e. The van der Waals surface area contributed by atoms with Crippen LogP contribution in [-0.4, -0.2) is 54.7 Å². The summed E-state index contributed by atoms with van der Waals surface area (Å²) < 4.78 is 5.78. The topological polar surface area (TPSA) is 45.7 Å². The van der Waals surface area contributed by atoms with Crippen LogP contribution in [0.25, 0.3) is 0 Å². The number of aryl methyl sites for hydroxylation is 2. The van der Waals surface area contributed by atoms with E-state index in [2.05, 4.69) is 40.8 Å². The molecule has 5 nitrogen and oxygen atoms in total. The number of hydrogen-bond acceptors (Lipinski definition) is 5. The van der Waals surface area contributed by atoms with Gasteiger partial charge in [-0.3, -0.25) is 9.78 Å². The second-order valence-corrected chi connectivity index (χ2v) is 10.0. The predicted molar refractivity (Wildman–Crippen MR) is 109 cm³/mol. The van der Waals surface area contributed by atoms with Crippen LogP contribution < -0.4 is 4.90 Å². The number of aromatic nitrogens is 1. The van der Waals surface area contributed by atoms with Crippen molar-refractivity contribution in [3.8, 4) is 0 Å². The molecule has 4 fully saturated rings. The number of carbonyl (C=O) groups excluding carboxylic acids is 1. The summed E-state index contributed by atoms with van der Waals surface area (Å²) >= 11 is 0. The van der Waals surface area contributed by atoms with E-state index in [4.69, 9.17) is 4.74 Å². The van der Waals surface area contributed by atoms with Gasteiger partial charge in [-0.2, -0.15) is 0 Å². The van der Waals surface area contributed by atoms with Crippen LogP contribution in [0.5, 0.6) is 0 Å². The fraction of sp³-hybridized carbons (Fsp3) is 0.739. The smallest absolute Gasteiger partial charge is 0.312 e. The highest BCUT2D eigenvalue weighted by molar-refractivity contribution is 5.79. The Bertz CT molecular complexity index is 737. The van der Waals surface area contributed by atoms with Crippen LogP contribution in [0.15, 0.2) is 12.1 Å². The maximum atomic E-state index is 12.4. The third-order valence-corrected chi connectivity index (χ3v) is 7.51. The molecule has 4 heterocycles. The van der Waals surface area contributed by atoms with E-state index in [1.807, 2.05) is 0 Å². The van der Waals surface area contributed by atoms with Crippen molar-refractivity contribution in [1.82, 2.24) is 9.88 Å². The maximum Gasteiger partial charge on any atom is 0.312 e. The van der Waals surface area contributed by atoms with Gasteiger partial charge in [0.15, 0.2) is 0 Å². The van der Waals surface area contributed by atoms with Gasteiger partial charge < -0.3 is 14.5 Å². The Kier molecular flexibility index (Phi) is 4.42. The third-order valence-electron chi connectivity index (χ3n) is 7.51. The number of carbonyl (C=O) groups is 1. The van der Waals surface area contributed by atoms with Crippen LogP contribution in [0.1, 0.15) is 56.3 Å². The molecule has 4 aliphatic rings. The van der Waals surface area contributed by atoms with E-state index in [9.17, 15) is 4.79 Å². The molecule has 28 heavy (non-hydrogen) atoms. The lowest BCUT2D eigenvalue weighted by Gasteiger charge is -2.61. The minimum absolute atomic E-state index is 0.106. The zero-order valence-electron chi connectivity index (χ0n) is 17.4. The average Bonchev–Trinajstić information content (AvgIpc) is 2.87. The third kappa shape index (κ3) is 3.22. The van der Waals surface area contributed by atoms with Crippen LogP contribution >= 0.6 is 0 Å². The number of likely N-dealkylation sites (tertiary alicyclic amines) is 1. The van der Waals surface area contributed by atoms with Crippen LogP contribution in [0.3, 0.4) is 0 Å². The molecule has 5 rings (SSSR count). The van der Waals surface area contributed by atoms with Gasteiger partial charge in [0.05, 0.1) is 5.41 Å². The molecule has 0 amide bonds. The molecule has 1 aliphatic carbocycles. The van der Waals surface area contributed by atoms with Gasteiger partial charge in [-0.1, -0.05) is 19.3 Å². The molecular formula is C23H33N3O2. The minimum atomic E-state index is -0.117. The molecule has 3 saturated heterocycles. The van der Waals surface area contributed by atoms with Crippen LogP contribution in [0.4, 0.5) is 5.69 Å². The van der Waals surface area contributed by atoms with Crippen LogP contribution in [0, 0.1) is 24.7 Å². The Balaban J connectivity index is 1.07. The van der Waals surface area contributed by atoms with E-state index in [-0.39, 0.29) is 17.5 Å². The monoisotopic (exact) mass is 383 g/mol. The average molecular weight is 384 g/mol. The van der Waals surface area contributed by atoms with Gasteiger partial charge >= 0.3 is 5.97 Å². The second-order valence-electron chi connectivity index (χ2n) is 10.0. The van der Waals surface area contributed by atoms with Crippen LogP contribution in [-0.2, 0) is 9.53 Å². The molecule has 0 N–H and O–H groups in total. The fourth-order valence-corrected chi connectivity index (χ4v) is 6.16. The first-order valence-electron chi connectivity index (χ1n) is 11.1. The Hall–Kier alpha value is -1.62. The minimum Gasteiger partial charge on any atom is -0.462 e. The zero-order chi connectivity index (χ0) is 19.4. The molecule has 0 radical (unpaired) electrons. The van der Waals surface area contributed by atoms with Gasteiger partial charge in [-0.15, -0.1) is 0 Å². The van der Waals surface area contributed by atoms with Crippen molar-refractivity contribution in [2.24, 2.45) is 10.8 Å². The van der Waals surface area contributed by atoms with Crippen LogP contribution in [0.2, 0.25) is 0 Å². The number of esters is 1. The Morgan fingerprint density at radius 3 is 2.43 bits per heavy atom. The summed E-state index contributed by atoms with van der Waals surface area (Å²) in [5, 5.41) is 0. The lowest BCUT2D eigenvalue weighted by molar-refractivity contribution is -0.150. The number of cyclic esters (lactones) is 1. The lowest BCUT2D eigenvalue weighted by Crippen LogP contribution is -2.72. The molecule has 0 bridgehead atoms. The molecule has 1 aromatic heterocycles. The summed E-state index contributed by atoms with van der Waals surface area (Å²) in [6, 6.07) is 4.40. The van der Waals surface area contributed by atoms with Crippen molar-refractivity contribution in [3.63, 3.8) is 0 Å². The molecule has 0 unspecified atom stereocenters. The summed E-state index contributed by atoms with van der Waals surface area (Å²) in [5.41, 5.74) is 3.90. The van der Waals surface area contributed by atoms with Crippen molar-refractivity contribution >= 4 is 11.7 Å². The number of nitrogens with zero attached hydrogens (tertiary/aromatic N) is 3. The molecule has 0 aromatic carbocycles. The highest BCUT2D eigenvalue weighted by atomic mass is 16.6. The lowest BCUT2D eigenvalue weighted by atomic mass is 9.71. The molecular weight excluding hydrogens is 350 g/mol. The standard InChI is InChI=1S/C23H33N3O2/c1-17-10-19(11-18(2)24-17)26-15-22(16-26)13-25(14-22)9-6-20-12-23(21(27)28-20)7-4-3-5-8-23/h10-11,20H,3-9,12-16H2,1-2H3/t20-/m0/s1. The zero-order valence-corrected chi connectivity index (χ0v) is 17.4. The maximum absolute atomic E-state index is 12.4. The van der Waals surface area contributed by atoms with E-state index in [1.54, 1.807) is 0 Å². The first kappa shape index (κ1) is 18.4. The molecule has 1 aromatic rings. The Morgan fingerprint density at radius 2 is 1.75 bits per heavy atom. The van der Waals surface area contributed by atoms with Gasteiger partial charge in [-0.25, -0.2) is 0 Å². The Morgan fingerprint density at radius 1 is 1.07 bits per heavy atom. The van der Waals surface area contributed by atoms with Crippen molar-refractivity contribution in [2.45, 2.75) is 64.9 Å². The van der Waals surface area contributed by atoms with Gasteiger partial charge in [0.25, 0.3) is 0 Å². The van der Waals surface area contributed by atoms with E-state index < -0.39 is 0 Å². The first-order chi connectivity index (χ1) is 13.5. The summed E-state index contributed by atoms with van der Waals surface area (Å²) in [7, 11) is 0. The van der Waals surface area contributed by atoms with Crippen molar-refractivity contribution in [1.29, 1.82) is 0 Å². The van der Waals surface area contributed by atoms with Gasteiger partial charge in [-0.05, 0) is 45.2 Å². The summed E-state index contributed by atoms with van der Waals surface area (Å²) in [6.45, 7) is 9.93. The van der Waals surface area contributed by atoms with Crippen molar-refractivity contribution in [3.05, 3.63) is 23.5 Å². The van der Waals surface area contributed by atoms with Gasteiger partial charge in [0, 0.05) is 61.6 Å². The number of rotatable bonds is 4. The van der Waals surface area contributed by atoms with E-state index in [0.29, 0.717) is 5.41 Å². The summed E-state index contributed by atoms with van der Waals surface area (Å²) in [5.74, 6) is 0.106. The quantitative estimate of drug-likeness (QED) is 0.745. The molecule has 5 heteroatoms. The van der Waals surface area contributed by atoms with Crippen molar-refractivity contribution in [2.75, 3.05) is 37.6 Å². The SMILES string of the molecule is Cc1cc(N2CC3(CN(CC[C@H]4CC5(CCCCC5)C(=O)O4)C3)C2)cc(C)n1. The van der Waals surface area contributed by atoms with E-state index in [1.165, 1.54) is 38.0 Å². The normalized spacial score (nSPS) is 28.3. The summed E-state index contributed by atoms with van der Waals surface area (Å²) in [4.78, 5) is 22.0. The number of pyridine rings is 1. The molecule has 1 saturated carbocycles. The predicted octanol–water partition coefficient (Wildman–Crippen LogP) is 3.48.